The first-order valence-electron chi connectivity index (χ1n) is 8.20. The molecule has 0 bridgehead atoms. The first kappa shape index (κ1) is 17.6. The lowest BCUT2D eigenvalue weighted by atomic mass is 9.79. The Balaban J connectivity index is 1.78. The second-order valence-corrected chi connectivity index (χ2v) is 7.18. The van der Waals surface area contributed by atoms with Gasteiger partial charge in [0.1, 0.15) is 5.82 Å². The first-order chi connectivity index (χ1) is 11.7. The van der Waals surface area contributed by atoms with Crippen molar-refractivity contribution < 1.29 is 18.5 Å². The minimum absolute atomic E-state index is 0.265. The minimum Gasteiger partial charge on any atom is -0.399 e. The van der Waals surface area contributed by atoms with E-state index in [2.05, 4.69) is 5.32 Å². The number of halogens is 1. The molecule has 0 unspecified atom stereocenters. The van der Waals surface area contributed by atoms with Crippen LogP contribution in [0.15, 0.2) is 48.5 Å². The summed E-state index contributed by atoms with van der Waals surface area (Å²) in [6.45, 7) is 7.95. The van der Waals surface area contributed by atoms with E-state index in [1.165, 1.54) is 18.2 Å². The summed E-state index contributed by atoms with van der Waals surface area (Å²) in [6, 6.07) is 12.9. The molecule has 4 nitrogen and oxygen atoms in total. The summed E-state index contributed by atoms with van der Waals surface area (Å²) in [5.41, 5.74) is 0.815. The number of hydrogen-bond acceptors (Lipinski definition) is 3. The summed E-state index contributed by atoms with van der Waals surface area (Å²) >= 11 is 0. The number of amides is 1. The zero-order chi connectivity index (χ0) is 18.2. The second-order valence-electron chi connectivity index (χ2n) is 7.18. The van der Waals surface area contributed by atoms with Gasteiger partial charge in [-0.1, -0.05) is 18.2 Å². The van der Waals surface area contributed by atoms with Crippen LogP contribution in [0, 0.1) is 5.82 Å². The molecule has 1 fully saturated rings. The van der Waals surface area contributed by atoms with Crippen molar-refractivity contribution >= 4 is 24.2 Å². The third kappa shape index (κ3) is 3.60. The summed E-state index contributed by atoms with van der Waals surface area (Å²) in [7, 11) is -0.504. The van der Waals surface area contributed by atoms with Gasteiger partial charge in [-0.05, 0) is 63.5 Å². The smallest absolute Gasteiger partial charge is 0.399 e. The molecule has 1 amide bonds. The van der Waals surface area contributed by atoms with Gasteiger partial charge < -0.3 is 14.6 Å². The molecule has 1 N–H and O–H groups in total. The van der Waals surface area contributed by atoms with Crippen LogP contribution < -0.4 is 10.8 Å². The zero-order valence-corrected chi connectivity index (χ0v) is 14.8. The average molecular weight is 341 g/mol. The van der Waals surface area contributed by atoms with Crippen LogP contribution in [0.1, 0.15) is 38.1 Å². The number of rotatable bonds is 3. The monoisotopic (exact) mass is 341 g/mol. The van der Waals surface area contributed by atoms with E-state index in [9.17, 15) is 9.18 Å². The van der Waals surface area contributed by atoms with Crippen LogP contribution in [0.5, 0.6) is 0 Å². The molecule has 1 heterocycles. The Morgan fingerprint density at radius 3 is 2.28 bits per heavy atom. The van der Waals surface area contributed by atoms with Gasteiger partial charge in [-0.2, -0.15) is 0 Å². The van der Waals surface area contributed by atoms with Crippen LogP contribution in [0.4, 0.5) is 10.1 Å². The largest absolute Gasteiger partial charge is 0.494 e. The highest BCUT2D eigenvalue weighted by molar-refractivity contribution is 6.62. The third-order valence-corrected chi connectivity index (χ3v) is 4.76. The molecule has 2 aromatic rings. The summed E-state index contributed by atoms with van der Waals surface area (Å²) in [5.74, 6) is -0.816. The van der Waals surface area contributed by atoms with Crippen LogP contribution in [0.2, 0.25) is 0 Å². The zero-order valence-electron chi connectivity index (χ0n) is 14.8. The van der Waals surface area contributed by atoms with Crippen molar-refractivity contribution in [1.82, 2.24) is 0 Å². The van der Waals surface area contributed by atoms with E-state index in [-0.39, 0.29) is 11.5 Å². The topological polar surface area (TPSA) is 47.6 Å². The quantitative estimate of drug-likeness (QED) is 0.871. The SMILES string of the molecule is CC1(C)OB(c2cccc(NC(=O)c3cccc(F)c3)c2)OC1(C)C. The highest BCUT2D eigenvalue weighted by Crippen LogP contribution is 2.36. The fourth-order valence-corrected chi connectivity index (χ4v) is 2.58. The molecule has 0 saturated carbocycles. The van der Waals surface area contributed by atoms with Gasteiger partial charge in [0, 0.05) is 11.3 Å². The van der Waals surface area contributed by atoms with Crippen LogP contribution in [-0.2, 0) is 9.31 Å². The number of nitrogens with one attached hydrogen (secondary N) is 1. The maximum atomic E-state index is 13.3. The summed E-state index contributed by atoms with van der Waals surface area (Å²) in [5, 5.41) is 2.77. The van der Waals surface area contributed by atoms with Gasteiger partial charge in [-0.3, -0.25) is 4.79 Å². The molecule has 1 aliphatic rings. The molecule has 0 aliphatic carbocycles. The molecule has 0 aromatic heterocycles. The minimum atomic E-state index is -0.504. The first-order valence-corrected chi connectivity index (χ1v) is 8.20. The van der Waals surface area contributed by atoms with Crippen LogP contribution in [-0.4, -0.2) is 24.2 Å². The van der Waals surface area contributed by atoms with E-state index >= 15 is 0 Å². The van der Waals surface area contributed by atoms with Gasteiger partial charge in [-0.15, -0.1) is 0 Å². The molecular formula is C19H21BFNO3. The fraction of sp³-hybridized carbons (Fsp3) is 0.316. The lowest BCUT2D eigenvalue weighted by molar-refractivity contribution is 0.00578. The summed E-state index contributed by atoms with van der Waals surface area (Å²) < 4.78 is 25.3. The molecule has 3 rings (SSSR count). The van der Waals surface area contributed by atoms with E-state index in [1.54, 1.807) is 18.2 Å². The van der Waals surface area contributed by atoms with Crippen molar-refractivity contribution in [3.63, 3.8) is 0 Å². The average Bonchev–Trinajstić information content (AvgIpc) is 2.76. The number of carbonyl (C=O) groups excluding carboxylic acids is 1. The molecule has 1 saturated heterocycles. The van der Waals surface area contributed by atoms with Gasteiger partial charge in [-0.25, -0.2) is 4.39 Å². The molecule has 6 heteroatoms. The molecule has 0 spiro atoms. The number of anilines is 1. The third-order valence-electron chi connectivity index (χ3n) is 4.76. The van der Waals surface area contributed by atoms with Crippen molar-refractivity contribution in [2.24, 2.45) is 0 Å². The van der Waals surface area contributed by atoms with Crippen LogP contribution in [0.25, 0.3) is 0 Å². The second kappa shape index (κ2) is 6.28. The van der Waals surface area contributed by atoms with Gasteiger partial charge in [0.2, 0.25) is 0 Å². The van der Waals surface area contributed by atoms with Gasteiger partial charge in [0.15, 0.2) is 0 Å². The molecule has 25 heavy (non-hydrogen) atoms. The van der Waals surface area contributed by atoms with Crippen molar-refractivity contribution in [1.29, 1.82) is 0 Å². The Kier molecular flexibility index (Phi) is 4.43. The predicted molar refractivity (Wildman–Crippen MR) is 96.5 cm³/mol. The number of hydrogen-bond donors (Lipinski definition) is 1. The molecule has 1 aliphatic heterocycles. The van der Waals surface area contributed by atoms with E-state index in [1.807, 2.05) is 39.8 Å². The summed E-state index contributed by atoms with van der Waals surface area (Å²) in [6.07, 6.45) is 0. The molecule has 130 valence electrons. The van der Waals surface area contributed by atoms with Crippen molar-refractivity contribution in [3.8, 4) is 0 Å². The van der Waals surface area contributed by atoms with Gasteiger partial charge >= 0.3 is 7.12 Å². The van der Waals surface area contributed by atoms with E-state index in [0.717, 1.165) is 5.46 Å². The molecule has 0 atom stereocenters. The molecule has 0 radical (unpaired) electrons. The van der Waals surface area contributed by atoms with E-state index in [0.29, 0.717) is 5.69 Å². The highest BCUT2D eigenvalue weighted by Gasteiger charge is 2.51. The van der Waals surface area contributed by atoms with Crippen LogP contribution in [0.3, 0.4) is 0 Å². The van der Waals surface area contributed by atoms with Gasteiger partial charge in [0.25, 0.3) is 5.91 Å². The van der Waals surface area contributed by atoms with Crippen molar-refractivity contribution in [2.75, 3.05) is 5.32 Å². The van der Waals surface area contributed by atoms with E-state index < -0.39 is 24.1 Å². The Bertz CT molecular complexity index is 791. The van der Waals surface area contributed by atoms with Crippen molar-refractivity contribution in [3.05, 3.63) is 59.9 Å². The standard InChI is InChI=1S/C19H21BFNO3/c1-18(2)19(3,4)25-20(24-18)14-8-6-10-16(12-14)22-17(23)13-7-5-9-15(21)11-13/h5-12H,1-4H3,(H,22,23). The van der Waals surface area contributed by atoms with Crippen molar-refractivity contribution in [2.45, 2.75) is 38.9 Å². The predicted octanol–water partition coefficient (Wildman–Crippen LogP) is 3.38. The Labute approximate surface area is 147 Å². The van der Waals surface area contributed by atoms with Gasteiger partial charge in [0.05, 0.1) is 11.2 Å². The maximum absolute atomic E-state index is 13.3. The number of benzene rings is 2. The maximum Gasteiger partial charge on any atom is 0.494 e. The molecule has 2 aromatic carbocycles. The fourth-order valence-electron chi connectivity index (χ4n) is 2.58. The van der Waals surface area contributed by atoms with Crippen LogP contribution >= 0.6 is 0 Å². The Hall–Kier alpha value is -2.18. The lowest BCUT2D eigenvalue weighted by Crippen LogP contribution is -2.41. The Morgan fingerprint density at radius 1 is 1.00 bits per heavy atom. The normalized spacial score (nSPS) is 18.2. The molecular weight excluding hydrogens is 320 g/mol. The summed E-state index contributed by atoms with van der Waals surface area (Å²) in [4.78, 5) is 12.3. The number of carbonyl (C=O) groups is 1. The highest BCUT2D eigenvalue weighted by atomic mass is 19.1. The lowest BCUT2D eigenvalue weighted by Gasteiger charge is -2.32. The van der Waals surface area contributed by atoms with E-state index in [4.69, 9.17) is 9.31 Å². The Morgan fingerprint density at radius 2 is 1.64 bits per heavy atom.